The fourth-order valence-corrected chi connectivity index (χ4v) is 3.20. The number of hydrogen-bond donors (Lipinski definition) is 1. The Hall–Kier alpha value is -1.35. The van der Waals surface area contributed by atoms with Crippen molar-refractivity contribution in [3.05, 3.63) is 35.9 Å². The third-order valence-electron chi connectivity index (χ3n) is 4.14. The smallest absolute Gasteiger partial charge is 0.249 e. The monoisotopic (exact) mass is 245 g/mol. The molecule has 96 valence electrons. The van der Waals surface area contributed by atoms with Crippen molar-refractivity contribution in [1.82, 2.24) is 5.32 Å². The van der Waals surface area contributed by atoms with Gasteiger partial charge in [-0.2, -0.15) is 0 Å². The summed E-state index contributed by atoms with van der Waals surface area (Å²) in [6.45, 7) is 1.85. The highest BCUT2D eigenvalue weighted by Gasteiger charge is 2.40. The molecule has 0 spiro atoms. The second kappa shape index (κ2) is 4.73. The van der Waals surface area contributed by atoms with Crippen LogP contribution in [0.3, 0.4) is 0 Å². The summed E-state index contributed by atoms with van der Waals surface area (Å²) in [4.78, 5) is 12.0. The van der Waals surface area contributed by atoms with E-state index in [0.717, 1.165) is 12.8 Å². The first-order chi connectivity index (χ1) is 8.75. The van der Waals surface area contributed by atoms with Crippen LogP contribution in [0.25, 0.3) is 0 Å². The van der Waals surface area contributed by atoms with E-state index in [4.69, 9.17) is 4.74 Å². The van der Waals surface area contributed by atoms with Crippen LogP contribution >= 0.6 is 0 Å². The molecular formula is C15H19NO2. The predicted octanol–water partition coefficient (Wildman–Crippen LogP) is 2.43. The zero-order valence-electron chi connectivity index (χ0n) is 10.6. The van der Waals surface area contributed by atoms with Crippen molar-refractivity contribution in [3.63, 3.8) is 0 Å². The first-order valence-corrected chi connectivity index (χ1v) is 6.76. The molecule has 0 unspecified atom stereocenters. The van der Waals surface area contributed by atoms with Gasteiger partial charge in [0.1, 0.15) is 6.10 Å². The summed E-state index contributed by atoms with van der Waals surface area (Å²) in [6, 6.07) is 10.4. The van der Waals surface area contributed by atoms with E-state index in [0.29, 0.717) is 5.92 Å². The minimum absolute atomic E-state index is 0.0123. The highest BCUT2D eigenvalue weighted by Crippen LogP contribution is 2.39. The average molecular weight is 245 g/mol. The van der Waals surface area contributed by atoms with Crippen molar-refractivity contribution in [2.45, 2.75) is 44.4 Å². The maximum atomic E-state index is 12.0. The maximum absolute atomic E-state index is 12.0. The fraction of sp³-hybridized carbons (Fsp3) is 0.533. The lowest BCUT2D eigenvalue weighted by molar-refractivity contribution is -0.132. The van der Waals surface area contributed by atoms with Crippen LogP contribution in [0.5, 0.6) is 0 Å². The number of hydrogen-bond acceptors (Lipinski definition) is 2. The van der Waals surface area contributed by atoms with Crippen molar-refractivity contribution in [3.8, 4) is 0 Å². The second-order valence-corrected chi connectivity index (χ2v) is 5.31. The Bertz CT molecular complexity index is 431. The molecule has 3 nitrogen and oxygen atoms in total. The van der Waals surface area contributed by atoms with E-state index in [1.54, 1.807) is 0 Å². The summed E-state index contributed by atoms with van der Waals surface area (Å²) >= 11 is 0. The normalized spacial score (nSPS) is 35.7. The van der Waals surface area contributed by atoms with E-state index in [1.807, 2.05) is 25.1 Å². The number of carbonyl (C=O) groups is 1. The molecule has 1 saturated heterocycles. The SMILES string of the molecule is C[C@H]1O[C@H]2CCC[C@H]2[C@@H](c2ccccc2)NC1=O. The maximum Gasteiger partial charge on any atom is 0.249 e. The van der Waals surface area contributed by atoms with Gasteiger partial charge in [0.05, 0.1) is 12.1 Å². The topological polar surface area (TPSA) is 38.3 Å². The van der Waals surface area contributed by atoms with Gasteiger partial charge in [-0.05, 0) is 25.3 Å². The molecule has 2 aliphatic rings. The van der Waals surface area contributed by atoms with Gasteiger partial charge in [0, 0.05) is 5.92 Å². The minimum atomic E-state index is -0.329. The molecule has 4 atom stereocenters. The zero-order chi connectivity index (χ0) is 12.5. The van der Waals surface area contributed by atoms with Gasteiger partial charge in [-0.1, -0.05) is 36.8 Å². The molecule has 1 aliphatic heterocycles. The van der Waals surface area contributed by atoms with Gasteiger partial charge in [0.2, 0.25) is 5.91 Å². The minimum Gasteiger partial charge on any atom is -0.365 e. The molecule has 0 aromatic heterocycles. The van der Waals surface area contributed by atoms with E-state index >= 15 is 0 Å². The quantitative estimate of drug-likeness (QED) is 0.825. The van der Waals surface area contributed by atoms with Gasteiger partial charge in [0.15, 0.2) is 0 Å². The van der Waals surface area contributed by atoms with Crippen molar-refractivity contribution in [2.75, 3.05) is 0 Å². The Morgan fingerprint density at radius 2 is 2.00 bits per heavy atom. The summed E-state index contributed by atoms with van der Waals surface area (Å²) in [5.41, 5.74) is 1.19. The molecule has 3 heteroatoms. The van der Waals surface area contributed by atoms with Crippen LogP contribution in [0.4, 0.5) is 0 Å². The summed E-state index contributed by atoms with van der Waals surface area (Å²) in [5, 5.41) is 3.15. The predicted molar refractivity (Wildman–Crippen MR) is 69.0 cm³/mol. The molecule has 1 saturated carbocycles. The lowest BCUT2D eigenvalue weighted by Crippen LogP contribution is -2.35. The first-order valence-electron chi connectivity index (χ1n) is 6.76. The van der Waals surface area contributed by atoms with E-state index in [1.165, 1.54) is 12.0 Å². The molecule has 3 rings (SSSR count). The molecule has 1 N–H and O–H groups in total. The number of benzene rings is 1. The van der Waals surface area contributed by atoms with Crippen LogP contribution in [-0.2, 0) is 9.53 Å². The zero-order valence-corrected chi connectivity index (χ0v) is 10.6. The van der Waals surface area contributed by atoms with Crippen molar-refractivity contribution < 1.29 is 9.53 Å². The van der Waals surface area contributed by atoms with Crippen LogP contribution in [-0.4, -0.2) is 18.1 Å². The van der Waals surface area contributed by atoms with Crippen molar-refractivity contribution >= 4 is 5.91 Å². The van der Waals surface area contributed by atoms with Crippen LogP contribution in [0.1, 0.15) is 37.8 Å². The summed E-state index contributed by atoms with van der Waals surface area (Å²) in [7, 11) is 0. The van der Waals surface area contributed by atoms with Gasteiger partial charge >= 0.3 is 0 Å². The van der Waals surface area contributed by atoms with E-state index in [-0.39, 0.29) is 24.2 Å². The van der Waals surface area contributed by atoms with Gasteiger partial charge in [-0.15, -0.1) is 0 Å². The van der Waals surface area contributed by atoms with Crippen LogP contribution < -0.4 is 5.32 Å². The Labute approximate surface area is 108 Å². The Kier molecular flexibility index (Phi) is 3.08. The van der Waals surface area contributed by atoms with E-state index in [9.17, 15) is 4.79 Å². The molecule has 1 amide bonds. The lowest BCUT2D eigenvalue weighted by atomic mass is 9.90. The molecule has 0 radical (unpaired) electrons. The largest absolute Gasteiger partial charge is 0.365 e. The van der Waals surface area contributed by atoms with Crippen LogP contribution in [0.2, 0.25) is 0 Å². The Morgan fingerprint density at radius 1 is 1.22 bits per heavy atom. The van der Waals surface area contributed by atoms with Crippen molar-refractivity contribution in [2.24, 2.45) is 5.92 Å². The average Bonchev–Trinajstić information content (AvgIpc) is 2.80. The summed E-state index contributed by atoms with van der Waals surface area (Å²) < 4.78 is 5.89. The third kappa shape index (κ3) is 2.03. The van der Waals surface area contributed by atoms with E-state index < -0.39 is 0 Å². The third-order valence-corrected chi connectivity index (χ3v) is 4.14. The number of carbonyl (C=O) groups excluding carboxylic acids is 1. The van der Waals surface area contributed by atoms with Gasteiger partial charge < -0.3 is 10.1 Å². The fourth-order valence-electron chi connectivity index (χ4n) is 3.20. The molecule has 1 aromatic carbocycles. The Morgan fingerprint density at radius 3 is 2.78 bits per heavy atom. The summed E-state index contributed by atoms with van der Waals surface area (Å²) in [6.07, 6.45) is 3.31. The molecule has 2 fully saturated rings. The second-order valence-electron chi connectivity index (χ2n) is 5.31. The van der Waals surface area contributed by atoms with Crippen LogP contribution in [0.15, 0.2) is 30.3 Å². The van der Waals surface area contributed by atoms with Gasteiger partial charge in [0.25, 0.3) is 0 Å². The first kappa shape index (κ1) is 11.7. The molecule has 1 aliphatic carbocycles. The number of amides is 1. The number of fused-ring (bicyclic) bond motifs is 1. The van der Waals surface area contributed by atoms with Gasteiger partial charge in [-0.3, -0.25) is 4.79 Å². The highest BCUT2D eigenvalue weighted by atomic mass is 16.5. The number of nitrogens with one attached hydrogen (secondary N) is 1. The molecule has 1 aromatic rings. The van der Waals surface area contributed by atoms with Crippen LogP contribution in [0, 0.1) is 5.92 Å². The van der Waals surface area contributed by atoms with Gasteiger partial charge in [-0.25, -0.2) is 0 Å². The molecule has 18 heavy (non-hydrogen) atoms. The lowest BCUT2D eigenvalue weighted by Gasteiger charge is -2.25. The standard InChI is InChI=1S/C15H19NO2/c1-10-15(17)16-14(11-6-3-2-4-7-11)12-8-5-9-13(12)18-10/h2-4,6-7,10,12-14H,5,8-9H2,1H3,(H,16,17)/t10-,12-,13+,14-/m1/s1. The highest BCUT2D eigenvalue weighted by molar-refractivity contribution is 5.81. The van der Waals surface area contributed by atoms with Crippen molar-refractivity contribution in [1.29, 1.82) is 0 Å². The number of ether oxygens (including phenoxy) is 1. The Balaban J connectivity index is 1.93. The van der Waals surface area contributed by atoms with E-state index in [2.05, 4.69) is 17.4 Å². The molecule has 1 heterocycles. The summed E-state index contributed by atoms with van der Waals surface area (Å²) in [5.74, 6) is 0.430. The number of rotatable bonds is 1. The molecular weight excluding hydrogens is 226 g/mol. The molecule has 0 bridgehead atoms.